The standard InChI is InChI=1S/C19H30N2O4S/c1-2-14-26(22,23)21-10-7-19(8-11-21)18(6-13-25-19)5-12-24-16-17-4-3-9-20-15-17/h3-4,9,15,18H,2,5-8,10-14,16H2,1H3/t18-/m1/s1. The number of pyridine rings is 1. The average Bonchev–Trinajstić information content (AvgIpc) is 3.02. The van der Waals surface area contributed by atoms with Crippen molar-refractivity contribution in [3.05, 3.63) is 30.1 Å². The second-order valence-electron chi connectivity index (χ2n) is 7.32. The molecule has 3 rings (SSSR count). The first-order chi connectivity index (χ1) is 12.6. The van der Waals surface area contributed by atoms with Crippen LogP contribution in [0.2, 0.25) is 0 Å². The Morgan fingerprint density at radius 3 is 2.88 bits per heavy atom. The van der Waals surface area contributed by atoms with Gasteiger partial charge >= 0.3 is 0 Å². The summed E-state index contributed by atoms with van der Waals surface area (Å²) in [6.45, 7) is 5.12. The lowest BCUT2D eigenvalue weighted by Crippen LogP contribution is -2.50. The summed E-state index contributed by atoms with van der Waals surface area (Å²) < 4.78 is 38.2. The predicted octanol–water partition coefficient (Wildman–Crippen LogP) is 2.60. The van der Waals surface area contributed by atoms with Crippen LogP contribution in [0.25, 0.3) is 0 Å². The molecule has 0 saturated carbocycles. The molecule has 0 amide bonds. The van der Waals surface area contributed by atoms with Gasteiger partial charge in [0.1, 0.15) is 0 Å². The number of piperidine rings is 1. The molecule has 146 valence electrons. The Morgan fingerprint density at radius 2 is 2.19 bits per heavy atom. The van der Waals surface area contributed by atoms with Crippen LogP contribution in [0.5, 0.6) is 0 Å². The summed E-state index contributed by atoms with van der Waals surface area (Å²) in [6.07, 6.45) is 7.84. The molecule has 0 radical (unpaired) electrons. The molecule has 0 N–H and O–H groups in total. The van der Waals surface area contributed by atoms with Gasteiger partial charge in [0.15, 0.2) is 0 Å². The van der Waals surface area contributed by atoms with Crippen LogP contribution in [0.1, 0.15) is 44.6 Å². The highest BCUT2D eigenvalue weighted by Crippen LogP contribution is 2.42. The predicted molar refractivity (Wildman–Crippen MR) is 100 cm³/mol. The van der Waals surface area contributed by atoms with Gasteiger partial charge in [0, 0.05) is 38.7 Å². The Labute approximate surface area is 156 Å². The zero-order valence-corrected chi connectivity index (χ0v) is 16.4. The lowest BCUT2D eigenvalue weighted by molar-refractivity contribution is -0.0618. The van der Waals surface area contributed by atoms with Crippen molar-refractivity contribution in [2.75, 3.05) is 32.1 Å². The summed E-state index contributed by atoms with van der Waals surface area (Å²) in [6, 6.07) is 3.93. The van der Waals surface area contributed by atoms with Crippen molar-refractivity contribution in [1.29, 1.82) is 0 Å². The number of aromatic nitrogens is 1. The molecule has 7 heteroatoms. The molecule has 1 aromatic rings. The Balaban J connectivity index is 1.47. The second kappa shape index (κ2) is 8.78. The minimum absolute atomic E-state index is 0.157. The zero-order chi connectivity index (χ0) is 18.5. The number of nitrogens with zero attached hydrogens (tertiary/aromatic N) is 2. The van der Waals surface area contributed by atoms with Crippen molar-refractivity contribution in [3.8, 4) is 0 Å². The highest BCUT2D eigenvalue weighted by molar-refractivity contribution is 7.89. The fourth-order valence-electron chi connectivity index (χ4n) is 4.17. The van der Waals surface area contributed by atoms with E-state index < -0.39 is 10.0 Å². The largest absolute Gasteiger partial charge is 0.377 e. The molecular weight excluding hydrogens is 352 g/mol. The van der Waals surface area contributed by atoms with Crippen molar-refractivity contribution in [2.45, 2.75) is 51.2 Å². The third kappa shape index (κ3) is 4.63. The molecule has 3 heterocycles. The van der Waals surface area contributed by atoms with Crippen LogP contribution in [0.15, 0.2) is 24.5 Å². The maximum absolute atomic E-state index is 12.3. The molecule has 2 fully saturated rings. The smallest absolute Gasteiger partial charge is 0.214 e. The summed E-state index contributed by atoms with van der Waals surface area (Å²) in [5.41, 5.74) is 0.926. The maximum atomic E-state index is 12.3. The topological polar surface area (TPSA) is 68.7 Å². The van der Waals surface area contributed by atoms with E-state index in [2.05, 4.69) is 4.98 Å². The maximum Gasteiger partial charge on any atom is 0.214 e. The van der Waals surface area contributed by atoms with E-state index in [1.165, 1.54) is 0 Å². The Hall–Kier alpha value is -1.02. The Kier molecular flexibility index (Phi) is 6.66. The van der Waals surface area contributed by atoms with Crippen LogP contribution < -0.4 is 0 Å². The van der Waals surface area contributed by atoms with Gasteiger partial charge in [-0.25, -0.2) is 12.7 Å². The first-order valence-corrected chi connectivity index (χ1v) is 11.2. The molecule has 1 atom stereocenters. The van der Waals surface area contributed by atoms with Crippen molar-refractivity contribution < 1.29 is 17.9 Å². The quantitative estimate of drug-likeness (QED) is 0.647. The zero-order valence-electron chi connectivity index (χ0n) is 15.6. The van der Waals surface area contributed by atoms with Gasteiger partial charge in [-0.3, -0.25) is 4.98 Å². The van der Waals surface area contributed by atoms with Crippen molar-refractivity contribution in [3.63, 3.8) is 0 Å². The van der Waals surface area contributed by atoms with Crippen LogP contribution in [0.3, 0.4) is 0 Å². The van der Waals surface area contributed by atoms with E-state index in [0.29, 0.717) is 38.6 Å². The van der Waals surface area contributed by atoms with Gasteiger partial charge in [0.25, 0.3) is 0 Å². The third-order valence-corrected chi connectivity index (χ3v) is 7.70. The first kappa shape index (κ1) is 19.7. The molecule has 0 aromatic carbocycles. The number of hydrogen-bond acceptors (Lipinski definition) is 5. The summed E-state index contributed by atoms with van der Waals surface area (Å²) in [5, 5.41) is 0. The van der Waals surface area contributed by atoms with E-state index in [-0.39, 0.29) is 11.4 Å². The van der Waals surface area contributed by atoms with Gasteiger partial charge < -0.3 is 9.47 Å². The summed E-state index contributed by atoms with van der Waals surface area (Å²) in [4.78, 5) is 4.10. The van der Waals surface area contributed by atoms with Crippen LogP contribution in [0, 0.1) is 5.92 Å². The molecule has 0 aliphatic carbocycles. The summed E-state index contributed by atoms with van der Waals surface area (Å²) in [5.74, 6) is 0.694. The normalized spacial score (nSPS) is 23.5. The van der Waals surface area contributed by atoms with E-state index >= 15 is 0 Å². The highest BCUT2D eigenvalue weighted by atomic mass is 32.2. The lowest BCUT2D eigenvalue weighted by atomic mass is 9.78. The van der Waals surface area contributed by atoms with Crippen molar-refractivity contribution in [2.24, 2.45) is 5.92 Å². The Morgan fingerprint density at radius 1 is 1.38 bits per heavy atom. The van der Waals surface area contributed by atoms with Crippen LogP contribution in [0.4, 0.5) is 0 Å². The van der Waals surface area contributed by atoms with E-state index in [9.17, 15) is 8.42 Å². The molecular formula is C19H30N2O4S. The van der Waals surface area contributed by atoms with Crippen molar-refractivity contribution in [1.82, 2.24) is 9.29 Å². The molecule has 2 aliphatic rings. The minimum Gasteiger partial charge on any atom is -0.377 e. The number of hydrogen-bond donors (Lipinski definition) is 0. The molecule has 0 unspecified atom stereocenters. The fraction of sp³-hybridized carbons (Fsp3) is 0.737. The summed E-state index contributed by atoms with van der Waals surface area (Å²) in [7, 11) is -3.10. The van der Waals surface area contributed by atoms with Gasteiger partial charge in [0.05, 0.1) is 18.0 Å². The van der Waals surface area contributed by atoms with Gasteiger partial charge in [-0.1, -0.05) is 13.0 Å². The van der Waals surface area contributed by atoms with Gasteiger partial charge in [-0.05, 0) is 49.7 Å². The number of ether oxygens (including phenoxy) is 2. The fourth-order valence-corrected chi connectivity index (χ4v) is 5.69. The third-order valence-electron chi connectivity index (χ3n) is 5.63. The number of sulfonamides is 1. The monoisotopic (exact) mass is 382 g/mol. The highest BCUT2D eigenvalue weighted by Gasteiger charge is 2.47. The van der Waals surface area contributed by atoms with E-state index in [1.807, 2.05) is 25.3 Å². The van der Waals surface area contributed by atoms with E-state index in [4.69, 9.17) is 9.47 Å². The van der Waals surface area contributed by atoms with Crippen molar-refractivity contribution >= 4 is 10.0 Å². The Bertz CT molecular complexity index is 657. The molecule has 6 nitrogen and oxygen atoms in total. The summed E-state index contributed by atoms with van der Waals surface area (Å²) >= 11 is 0. The first-order valence-electron chi connectivity index (χ1n) is 9.64. The average molecular weight is 383 g/mol. The van der Waals surface area contributed by atoms with E-state index in [0.717, 1.165) is 37.9 Å². The van der Waals surface area contributed by atoms with Crippen LogP contribution >= 0.6 is 0 Å². The molecule has 2 aliphatic heterocycles. The van der Waals surface area contributed by atoms with Gasteiger partial charge in [-0.15, -0.1) is 0 Å². The van der Waals surface area contributed by atoms with Crippen LogP contribution in [-0.4, -0.2) is 55.4 Å². The minimum atomic E-state index is -3.10. The molecule has 0 bridgehead atoms. The SMILES string of the molecule is CCCS(=O)(=O)N1CCC2(CC1)OCC[C@H]2CCOCc1cccnc1. The molecule has 26 heavy (non-hydrogen) atoms. The van der Waals surface area contributed by atoms with Gasteiger partial charge in [0.2, 0.25) is 10.0 Å². The second-order valence-corrected chi connectivity index (χ2v) is 9.40. The van der Waals surface area contributed by atoms with Gasteiger partial charge in [-0.2, -0.15) is 0 Å². The molecule has 1 spiro atoms. The molecule has 1 aromatic heterocycles. The van der Waals surface area contributed by atoms with E-state index in [1.54, 1.807) is 10.5 Å². The number of rotatable bonds is 8. The molecule has 2 saturated heterocycles. The van der Waals surface area contributed by atoms with Crippen LogP contribution in [-0.2, 0) is 26.1 Å². The lowest BCUT2D eigenvalue weighted by Gasteiger charge is -2.41.